The Kier molecular flexibility index (Phi) is 6.44. The zero-order valence-electron chi connectivity index (χ0n) is 13.9. The molecule has 0 aliphatic rings. The average Bonchev–Trinajstić information content (AvgIpc) is 2.65. The summed E-state index contributed by atoms with van der Waals surface area (Å²) in [5.74, 6) is 0.794. The molecular formula is C19H17ClN2O3. The number of halogens is 1. The molecule has 1 amide bonds. The maximum Gasteiger partial charge on any atom is 0.262 e. The summed E-state index contributed by atoms with van der Waals surface area (Å²) in [5, 5.41) is 12.5. The van der Waals surface area contributed by atoms with Gasteiger partial charge in [-0.15, -0.1) is 0 Å². The summed E-state index contributed by atoms with van der Waals surface area (Å²) < 4.78 is 10.4. The number of benzene rings is 2. The van der Waals surface area contributed by atoms with Crippen LogP contribution in [0, 0.1) is 11.3 Å². The van der Waals surface area contributed by atoms with Gasteiger partial charge in [-0.25, -0.2) is 0 Å². The van der Waals surface area contributed by atoms with Crippen molar-refractivity contribution in [2.24, 2.45) is 0 Å². The van der Waals surface area contributed by atoms with Gasteiger partial charge in [-0.2, -0.15) is 5.26 Å². The Balaban J connectivity index is 2.10. The number of nitriles is 1. The summed E-state index contributed by atoms with van der Waals surface area (Å²) in [4.78, 5) is 12.2. The molecule has 2 aromatic carbocycles. The summed E-state index contributed by atoms with van der Waals surface area (Å²) in [6.45, 7) is 0.228. The van der Waals surface area contributed by atoms with Gasteiger partial charge < -0.3 is 14.8 Å². The normalized spacial score (nSPS) is 10.7. The third-order valence-electron chi connectivity index (χ3n) is 3.48. The average molecular weight is 357 g/mol. The molecule has 2 aromatic rings. The van der Waals surface area contributed by atoms with Crippen LogP contribution >= 0.6 is 11.6 Å². The third kappa shape index (κ3) is 5.00. The van der Waals surface area contributed by atoms with E-state index >= 15 is 0 Å². The van der Waals surface area contributed by atoms with Gasteiger partial charge in [-0.3, -0.25) is 4.79 Å². The Morgan fingerprint density at radius 1 is 1.20 bits per heavy atom. The lowest BCUT2D eigenvalue weighted by Gasteiger charge is -2.11. The van der Waals surface area contributed by atoms with Crippen LogP contribution in [0.25, 0.3) is 6.08 Å². The molecular weight excluding hydrogens is 340 g/mol. The Morgan fingerprint density at radius 2 is 1.92 bits per heavy atom. The zero-order chi connectivity index (χ0) is 18.2. The number of rotatable bonds is 6. The maximum absolute atomic E-state index is 12.2. The molecule has 0 saturated carbocycles. The van der Waals surface area contributed by atoms with E-state index in [9.17, 15) is 10.1 Å². The standard InChI is InChI=1S/C19H17ClN2O3/c1-24-17-8-5-14(18(10-17)25-2)12-22-19(23)15(11-21)9-13-3-6-16(20)7-4-13/h3-10H,12H2,1-2H3,(H,22,23)/b15-9+. The SMILES string of the molecule is COc1ccc(CNC(=O)/C(C#N)=C/c2ccc(Cl)cc2)c(OC)c1. The Hall–Kier alpha value is -2.97. The second kappa shape index (κ2) is 8.76. The molecule has 25 heavy (non-hydrogen) atoms. The highest BCUT2D eigenvalue weighted by molar-refractivity contribution is 6.30. The van der Waals surface area contributed by atoms with Gasteiger partial charge in [0.05, 0.1) is 14.2 Å². The molecule has 0 heterocycles. The summed E-state index contributed by atoms with van der Waals surface area (Å²) in [6, 6.07) is 14.1. The van der Waals surface area contributed by atoms with Gasteiger partial charge in [0.15, 0.2) is 0 Å². The number of nitrogens with zero attached hydrogens (tertiary/aromatic N) is 1. The quantitative estimate of drug-likeness (QED) is 0.634. The van der Waals surface area contributed by atoms with Crippen molar-refractivity contribution in [1.29, 1.82) is 5.26 Å². The van der Waals surface area contributed by atoms with Crippen molar-refractivity contribution in [3.05, 3.63) is 64.2 Å². The van der Waals surface area contributed by atoms with Crippen LogP contribution < -0.4 is 14.8 Å². The van der Waals surface area contributed by atoms with Gasteiger partial charge >= 0.3 is 0 Å². The van der Waals surface area contributed by atoms with Gasteiger partial charge in [0.1, 0.15) is 23.1 Å². The van der Waals surface area contributed by atoms with Gasteiger partial charge in [0.2, 0.25) is 0 Å². The molecule has 1 N–H and O–H groups in total. The first kappa shape index (κ1) is 18.4. The predicted octanol–water partition coefficient (Wildman–Crippen LogP) is 3.58. The van der Waals surface area contributed by atoms with Crippen LogP contribution in [-0.2, 0) is 11.3 Å². The molecule has 0 aliphatic carbocycles. The first-order valence-corrected chi connectivity index (χ1v) is 7.81. The Morgan fingerprint density at radius 3 is 2.52 bits per heavy atom. The van der Waals surface area contributed by atoms with Crippen LogP contribution in [0.2, 0.25) is 5.02 Å². The van der Waals surface area contributed by atoms with Gasteiger partial charge in [0, 0.05) is 23.2 Å². The molecule has 128 valence electrons. The van der Waals surface area contributed by atoms with E-state index in [1.807, 2.05) is 6.07 Å². The number of carbonyl (C=O) groups is 1. The molecule has 0 saturated heterocycles. The summed E-state index contributed by atoms with van der Waals surface area (Å²) in [6.07, 6.45) is 1.51. The predicted molar refractivity (Wildman–Crippen MR) is 96.4 cm³/mol. The fourth-order valence-corrected chi connectivity index (χ4v) is 2.27. The largest absolute Gasteiger partial charge is 0.497 e. The highest BCUT2D eigenvalue weighted by atomic mass is 35.5. The summed E-state index contributed by atoms with van der Waals surface area (Å²) in [7, 11) is 3.11. The highest BCUT2D eigenvalue weighted by Gasteiger charge is 2.11. The summed E-state index contributed by atoms with van der Waals surface area (Å²) >= 11 is 5.83. The smallest absolute Gasteiger partial charge is 0.262 e. The lowest BCUT2D eigenvalue weighted by atomic mass is 10.1. The van der Waals surface area contributed by atoms with Crippen molar-refractivity contribution in [3.63, 3.8) is 0 Å². The molecule has 0 fully saturated rings. The molecule has 0 radical (unpaired) electrons. The number of nitrogens with one attached hydrogen (secondary N) is 1. The lowest BCUT2D eigenvalue weighted by Crippen LogP contribution is -2.24. The zero-order valence-corrected chi connectivity index (χ0v) is 14.6. The lowest BCUT2D eigenvalue weighted by molar-refractivity contribution is -0.117. The first-order chi connectivity index (χ1) is 12.1. The number of hydrogen-bond acceptors (Lipinski definition) is 4. The number of methoxy groups -OCH3 is 2. The van der Waals surface area contributed by atoms with Crippen LogP contribution in [0.1, 0.15) is 11.1 Å². The second-order valence-electron chi connectivity index (χ2n) is 5.08. The van der Waals surface area contributed by atoms with Crippen molar-refractivity contribution < 1.29 is 14.3 Å². The summed E-state index contributed by atoms with van der Waals surface area (Å²) in [5.41, 5.74) is 1.51. The van der Waals surface area contributed by atoms with E-state index in [4.69, 9.17) is 21.1 Å². The van der Waals surface area contributed by atoms with E-state index in [0.29, 0.717) is 16.5 Å². The van der Waals surface area contributed by atoms with E-state index < -0.39 is 5.91 Å². The molecule has 0 spiro atoms. The van der Waals surface area contributed by atoms with E-state index in [-0.39, 0.29) is 12.1 Å². The van der Waals surface area contributed by atoms with Gasteiger partial charge in [-0.05, 0) is 35.9 Å². The minimum atomic E-state index is -0.463. The minimum Gasteiger partial charge on any atom is -0.497 e. The van der Waals surface area contributed by atoms with Crippen LogP contribution in [-0.4, -0.2) is 20.1 Å². The number of ether oxygens (including phenoxy) is 2. The molecule has 0 aromatic heterocycles. The van der Waals surface area contributed by atoms with Crippen LogP contribution in [0.3, 0.4) is 0 Å². The number of amides is 1. The first-order valence-electron chi connectivity index (χ1n) is 7.44. The van der Waals surface area contributed by atoms with Crippen molar-refractivity contribution in [1.82, 2.24) is 5.32 Å². The molecule has 0 aliphatic heterocycles. The Bertz CT molecular complexity index is 824. The highest BCUT2D eigenvalue weighted by Crippen LogP contribution is 2.24. The molecule has 5 nitrogen and oxygen atoms in total. The third-order valence-corrected chi connectivity index (χ3v) is 3.73. The second-order valence-corrected chi connectivity index (χ2v) is 5.52. The monoisotopic (exact) mass is 356 g/mol. The fourth-order valence-electron chi connectivity index (χ4n) is 2.14. The van der Waals surface area contributed by atoms with E-state index in [1.54, 1.807) is 56.7 Å². The van der Waals surface area contributed by atoms with Crippen molar-refractivity contribution in [3.8, 4) is 17.6 Å². The molecule has 6 heteroatoms. The van der Waals surface area contributed by atoms with Crippen molar-refractivity contribution in [2.75, 3.05) is 14.2 Å². The fraction of sp³-hybridized carbons (Fsp3) is 0.158. The molecule has 0 unspecified atom stereocenters. The molecule has 0 atom stereocenters. The van der Waals surface area contributed by atoms with Crippen LogP contribution in [0.15, 0.2) is 48.0 Å². The minimum absolute atomic E-state index is 0.00907. The van der Waals surface area contributed by atoms with E-state index in [0.717, 1.165) is 11.1 Å². The van der Waals surface area contributed by atoms with Crippen molar-refractivity contribution in [2.45, 2.75) is 6.54 Å². The number of hydrogen-bond donors (Lipinski definition) is 1. The van der Waals surface area contributed by atoms with Crippen LogP contribution in [0.4, 0.5) is 0 Å². The number of carbonyl (C=O) groups excluding carboxylic acids is 1. The maximum atomic E-state index is 12.2. The van der Waals surface area contributed by atoms with Gasteiger partial charge in [-0.1, -0.05) is 23.7 Å². The van der Waals surface area contributed by atoms with E-state index in [1.165, 1.54) is 6.08 Å². The topological polar surface area (TPSA) is 71.3 Å². The molecule has 0 bridgehead atoms. The molecule has 2 rings (SSSR count). The van der Waals surface area contributed by atoms with Gasteiger partial charge in [0.25, 0.3) is 5.91 Å². The Labute approximate surface area is 151 Å². The van der Waals surface area contributed by atoms with Crippen molar-refractivity contribution >= 4 is 23.6 Å². The van der Waals surface area contributed by atoms with E-state index in [2.05, 4.69) is 5.32 Å². The van der Waals surface area contributed by atoms with Crippen LogP contribution in [0.5, 0.6) is 11.5 Å².